The van der Waals surface area contributed by atoms with E-state index >= 15 is 0 Å². The highest BCUT2D eigenvalue weighted by molar-refractivity contribution is 5.46. The Hall–Kier alpha value is -1.42. The van der Waals surface area contributed by atoms with E-state index in [1.54, 1.807) is 0 Å². The molecule has 0 atom stereocenters. The maximum atomic E-state index is 4.55. The first kappa shape index (κ1) is 7.94. The summed E-state index contributed by atoms with van der Waals surface area (Å²) in [5.74, 6) is 1.48. The van der Waals surface area contributed by atoms with Crippen LogP contribution in [0.2, 0.25) is 0 Å². The summed E-state index contributed by atoms with van der Waals surface area (Å²) in [6.45, 7) is 4.08. The Bertz CT molecular complexity index is 470. The molecule has 1 aliphatic rings. The first-order valence-electron chi connectivity index (χ1n) is 4.87. The Balaban J connectivity index is 2.15. The van der Waals surface area contributed by atoms with Gasteiger partial charge in [-0.1, -0.05) is 6.07 Å². The summed E-state index contributed by atoms with van der Waals surface area (Å²) in [6, 6.07) is 4.06. The molecule has 2 aromatic rings. The molecule has 2 aromatic heterocycles. The number of pyridine rings is 1. The van der Waals surface area contributed by atoms with Crippen molar-refractivity contribution in [2.45, 2.75) is 12.8 Å². The Kier molecular flexibility index (Phi) is 1.58. The van der Waals surface area contributed by atoms with Gasteiger partial charge in [-0.3, -0.25) is 0 Å². The lowest BCUT2D eigenvalue weighted by molar-refractivity contribution is 0.430. The minimum absolute atomic E-state index is 0.509. The third kappa shape index (κ3) is 1.04. The summed E-state index contributed by atoms with van der Waals surface area (Å²) in [6.07, 6.45) is 1.95. The number of nitrogens with one attached hydrogen (secondary N) is 1. The van der Waals surface area contributed by atoms with Crippen molar-refractivity contribution in [2.24, 2.45) is 0 Å². The Morgan fingerprint density at radius 3 is 3.00 bits per heavy atom. The predicted molar refractivity (Wildman–Crippen MR) is 53.3 cm³/mol. The summed E-state index contributed by atoms with van der Waals surface area (Å²) in [7, 11) is 0. The van der Waals surface area contributed by atoms with Crippen LogP contribution in [0.1, 0.15) is 17.3 Å². The monoisotopic (exact) mass is 188 g/mol. The van der Waals surface area contributed by atoms with Gasteiger partial charge >= 0.3 is 0 Å². The minimum Gasteiger partial charge on any atom is -0.315 e. The molecule has 0 aromatic carbocycles. The van der Waals surface area contributed by atoms with Crippen molar-refractivity contribution in [3.8, 4) is 0 Å². The molecule has 1 aliphatic heterocycles. The predicted octanol–water partition coefficient (Wildman–Crippen LogP) is 0.725. The van der Waals surface area contributed by atoms with Gasteiger partial charge in [-0.25, -0.2) is 9.50 Å². The van der Waals surface area contributed by atoms with Crippen LogP contribution in [0.25, 0.3) is 5.65 Å². The Labute approximate surface area is 82.0 Å². The van der Waals surface area contributed by atoms with E-state index in [9.17, 15) is 0 Å². The summed E-state index contributed by atoms with van der Waals surface area (Å²) in [5.41, 5.74) is 2.16. The van der Waals surface area contributed by atoms with E-state index in [2.05, 4.69) is 28.4 Å². The third-order valence-corrected chi connectivity index (χ3v) is 2.72. The van der Waals surface area contributed by atoms with E-state index in [0.717, 1.165) is 24.6 Å². The topological polar surface area (TPSA) is 42.2 Å². The van der Waals surface area contributed by atoms with Crippen molar-refractivity contribution in [3.05, 3.63) is 29.7 Å². The van der Waals surface area contributed by atoms with Crippen LogP contribution in [0.4, 0.5) is 0 Å². The molecular formula is C10H12N4. The maximum Gasteiger partial charge on any atom is 0.158 e. The smallest absolute Gasteiger partial charge is 0.158 e. The number of hydrogen-bond donors (Lipinski definition) is 1. The molecule has 3 heterocycles. The van der Waals surface area contributed by atoms with Crippen LogP contribution in [-0.2, 0) is 0 Å². The minimum atomic E-state index is 0.509. The fourth-order valence-electron chi connectivity index (χ4n) is 1.70. The molecule has 3 rings (SSSR count). The van der Waals surface area contributed by atoms with Crippen LogP contribution in [0.5, 0.6) is 0 Å². The van der Waals surface area contributed by atoms with Crippen LogP contribution >= 0.6 is 0 Å². The van der Waals surface area contributed by atoms with E-state index in [1.165, 1.54) is 5.56 Å². The van der Waals surface area contributed by atoms with Crippen molar-refractivity contribution in [1.29, 1.82) is 0 Å². The van der Waals surface area contributed by atoms with Gasteiger partial charge in [-0.05, 0) is 18.6 Å². The molecule has 0 radical (unpaired) electrons. The number of aryl methyl sites for hydroxylation is 1. The van der Waals surface area contributed by atoms with Gasteiger partial charge in [0.1, 0.15) is 0 Å². The summed E-state index contributed by atoms with van der Waals surface area (Å²) < 4.78 is 1.86. The lowest BCUT2D eigenvalue weighted by Gasteiger charge is -2.23. The highest BCUT2D eigenvalue weighted by Gasteiger charge is 2.23. The Morgan fingerprint density at radius 2 is 2.36 bits per heavy atom. The molecular weight excluding hydrogens is 176 g/mol. The summed E-state index contributed by atoms with van der Waals surface area (Å²) >= 11 is 0. The molecule has 4 nitrogen and oxygen atoms in total. The molecule has 0 aliphatic carbocycles. The molecule has 1 fully saturated rings. The molecule has 0 saturated carbocycles. The zero-order chi connectivity index (χ0) is 9.54. The number of aromatic nitrogens is 3. The summed E-state index contributed by atoms with van der Waals surface area (Å²) in [5, 5.41) is 7.69. The zero-order valence-electron chi connectivity index (χ0n) is 8.07. The van der Waals surface area contributed by atoms with Gasteiger partial charge in [0.2, 0.25) is 0 Å². The first-order valence-corrected chi connectivity index (χ1v) is 4.87. The molecule has 14 heavy (non-hydrogen) atoms. The number of rotatable bonds is 1. The molecule has 72 valence electrons. The first-order chi connectivity index (χ1) is 6.84. The van der Waals surface area contributed by atoms with E-state index in [4.69, 9.17) is 0 Å². The highest BCUT2D eigenvalue weighted by Crippen LogP contribution is 2.17. The molecule has 0 bridgehead atoms. The number of nitrogens with zero attached hydrogens (tertiary/aromatic N) is 3. The van der Waals surface area contributed by atoms with E-state index in [-0.39, 0.29) is 0 Å². The van der Waals surface area contributed by atoms with E-state index in [0.29, 0.717) is 5.92 Å². The van der Waals surface area contributed by atoms with Gasteiger partial charge in [-0.2, -0.15) is 5.10 Å². The van der Waals surface area contributed by atoms with Gasteiger partial charge < -0.3 is 5.32 Å². The lowest BCUT2D eigenvalue weighted by Crippen LogP contribution is -2.40. The standard InChI is InChI=1S/C10H12N4/c1-7-3-2-4-14-10(7)12-9(13-14)8-5-11-6-8/h2-4,8,11H,5-6H2,1H3. The van der Waals surface area contributed by atoms with E-state index in [1.807, 2.05) is 16.8 Å². The fraction of sp³-hybridized carbons (Fsp3) is 0.400. The molecule has 1 saturated heterocycles. The van der Waals surface area contributed by atoms with Crippen molar-refractivity contribution in [2.75, 3.05) is 13.1 Å². The Morgan fingerprint density at radius 1 is 1.50 bits per heavy atom. The summed E-state index contributed by atoms with van der Waals surface area (Å²) in [4.78, 5) is 4.55. The molecule has 1 N–H and O–H groups in total. The molecule has 0 spiro atoms. The molecule has 0 unspecified atom stereocenters. The largest absolute Gasteiger partial charge is 0.315 e. The van der Waals surface area contributed by atoms with Crippen LogP contribution in [0.15, 0.2) is 18.3 Å². The average Bonchev–Trinajstić information content (AvgIpc) is 2.46. The molecule has 4 heteroatoms. The highest BCUT2D eigenvalue weighted by atomic mass is 15.3. The van der Waals surface area contributed by atoms with Crippen LogP contribution in [0.3, 0.4) is 0 Å². The van der Waals surface area contributed by atoms with E-state index < -0.39 is 0 Å². The quantitative estimate of drug-likeness (QED) is 0.717. The second kappa shape index (κ2) is 2.78. The lowest BCUT2D eigenvalue weighted by atomic mass is 10.0. The average molecular weight is 188 g/mol. The zero-order valence-corrected chi connectivity index (χ0v) is 8.07. The number of hydrogen-bond acceptors (Lipinski definition) is 3. The van der Waals surface area contributed by atoms with Crippen LogP contribution in [-0.4, -0.2) is 27.7 Å². The van der Waals surface area contributed by atoms with Gasteiger partial charge in [0.25, 0.3) is 0 Å². The second-order valence-corrected chi connectivity index (χ2v) is 3.78. The van der Waals surface area contributed by atoms with Crippen LogP contribution < -0.4 is 5.32 Å². The van der Waals surface area contributed by atoms with Crippen LogP contribution in [0, 0.1) is 6.92 Å². The second-order valence-electron chi connectivity index (χ2n) is 3.78. The van der Waals surface area contributed by atoms with Gasteiger partial charge in [0, 0.05) is 25.2 Å². The SMILES string of the molecule is Cc1cccn2nc(C3CNC3)nc12. The maximum absolute atomic E-state index is 4.55. The van der Waals surface area contributed by atoms with Crippen molar-refractivity contribution in [3.63, 3.8) is 0 Å². The normalized spacial score (nSPS) is 17.2. The van der Waals surface area contributed by atoms with Gasteiger partial charge in [-0.15, -0.1) is 0 Å². The van der Waals surface area contributed by atoms with Gasteiger partial charge in [0.05, 0.1) is 0 Å². The third-order valence-electron chi connectivity index (χ3n) is 2.72. The molecule has 0 amide bonds. The van der Waals surface area contributed by atoms with Crippen molar-refractivity contribution < 1.29 is 0 Å². The van der Waals surface area contributed by atoms with Crippen molar-refractivity contribution >= 4 is 5.65 Å². The fourth-order valence-corrected chi connectivity index (χ4v) is 1.70. The number of fused-ring (bicyclic) bond motifs is 1. The van der Waals surface area contributed by atoms with Gasteiger partial charge in [0.15, 0.2) is 11.5 Å². The van der Waals surface area contributed by atoms with Crippen molar-refractivity contribution in [1.82, 2.24) is 19.9 Å².